The molecule has 6 nitrogen and oxygen atoms in total. The van der Waals surface area contributed by atoms with E-state index in [0.717, 1.165) is 5.56 Å². The van der Waals surface area contributed by atoms with Crippen molar-refractivity contribution in [1.82, 2.24) is 4.98 Å². The molecule has 1 aromatic heterocycles. The molecule has 0 bridgehead atoms. The summed E-state index contributed by atoms with van der Waals surface area (Å²) in [6.07, 6.45) is 3.52. The summed E-state index contributed by atoms with van der Waals surface area (Å²) >= 11 is 12.1. The summed E-state index contributed by atoms with van der Waals surface area (Å²) < 4.78 is 27.8. The number of halogens is 2. The van der Waals surface area contributed by atoms with Gasteiger partial charge in [0, 0.05) is 10.4 Å². The monoisotopic (exact) mass is 486 g/mol. The van der Waals surface area contributed by atoms with Crippen molar-refractivity contribution in [3.05, 3.63) is 88.0 Å². The van der Waals surface area contributed by atoms with E-state index in [1.807, 2.05) is 0 Å². The fourth-order valence-corrected chi connectivity index (χ4v) is 4.45. The van der Waals surface area contributed by atoms with Gasteiger partial charge >= 0.3 is 0 Å². The minimum absolute atomic E-state index is 0.0175. The third-order valence-corrected chi connectivity index (χ3v) is 6.58. The van der Waals surface area contributed by atoms with Crippen molar-refractivity contribution in [3.8, 4) is 11.5 Å². The molecule has 0 unspecified atom stereocenters. The van der Waals surface area contributed by atoms with E-state index in [0.29, 0.717) is 16.1 Å². The van der Waals surface area contributed by atoms with Gasteiger partial charge in [0.15, 0.2) is 5.75 Å². The third kappa shape index (κ3) is 4.65. The molecule has 0 spiro atoms. The van der Waals surface area contributed by atoms with Crippen LogP contribution in [0.4, 0.5) is 5.69 Å². The lowest BCUT2D eigenvalue weighted by Crippen LogP contribution is -2.13. The second kappa shape index (κ2) is 8.70. The fourth-order valence-electron chi connectivity index (χ4n) is 3.00. The number of aromatic hydroxyl groups is 2. The third-order valence-electron chi connectivity index (χ3n) is 4.63. The molecular formula is C23H16Cl2N2O4S. The predicted octanol–water partition coefficient (Wildman–Crippen LogP) is 5.92. The van der Waals surface area contributed by atoms with E-state index in [2.05, 4.69) is 9.71 Å². The maximum absolute atomic E-state index is 12.7. The lowest BCUT2D eigenvalue weighted by atomic mass is 10.1. The van der Waals surface area contributed by atoms with Gasteiger partial charge < -0.3 is 10.2 Å². The highest BCUT2D eigenvalue weighted by atomic mass is 35.5. The van der Waals surface area contributed by atoms with Crippen LogP contribution in [0.25, 0.3) is 23.1 Å². The first kappa shape index (κ1) is 22.0. The van der Waals surface area contributed by atoms with E-state index in [-0.39, 0.29) is 32.6 Å². The van der Waals surface area contributed by atoms with Gasteiger partial charge in [0.05, 0.1) is 21.3 Å². The molecule has 0 aliphatic carbocycles. The first-order valence-electron chi connectivity index (χ1n) is 9.31. The lowest BCUT2D eigenvalue weighted by molar-refractivity contribution is 0.475. The Kier molecular flexibility index (Phi) is 5.97. The topological polar surface area (TPSA) is 99.5 Å². The summed E-state index contributed by atoms with van der Waals surface area (Å²) in [4.78, 5) is 4.40. The quantitative estimate of drug-likeness (QED) is 0.304. The maximum atomic E-state index is 12.7. The molecule has 1 heterocycles. The van der Waals surface area contributed by atoms with Gasteiger partial charge in [-0.3, -0.25) is 4.72 Å². The van der Waals surface area contributed by atoms with Gasteiger partial charge in [-0.1, -0.05) is 41.4 Å². The molecule has 162 valence electrons. The SMILES string of the molecule is O=S(=O)(Nc1cc(Cl)c2ccc(/C=C/c3ccc(O)cc3)nc2c1O)c1ccc(Cl)cc1. The lowest BCUT2D eigenvalue weighted by Gasteiger charge is -2.13. The van der Waals surface area contributed by atoms with E-state index in [1.54, 1.807) is 48.6 Å². The number of sulfonamides is 1. The van der Waals surface area contributed by atoms with E-state index in [1.165, 1.54) is 30.3 Å². The van der Waals surface area contributed by atoms with Gasteiger partial charge in [-0.2, -0.15) is 0 Å². The second-order valence-corrected chi connectivity index (χ2v) is 9.40. The summed E-state index contributed by atoms with van der Waals surface area (Å²) in [6, 6.07) is 17.0. The normalized spacial score (nSPS) is 11.8. The van der Waals surface area contributed by atoms with Crippen molar-refractivity contribution in [1.29, 1.82) is 0 Å². The van der Waals surface area contributed by atoms with Crippen LogP contribution in [0.15, 0.2) is 71.6 Å². The van der Waals surface area contributed by atoms with Crippen LogP contribution in [0.1, 0.15) is 11.3 Å². The molecule has 9 heteroatoms. The highest BCUT2D eigenvalue weighted by Crippen LogP contribution is 2.38. The maximum Gasteiger partial charge on any atom is 0.262 e. The summed E-state index contributed by atoms with van der Waals surface area (Å²) in [5.41, 5.74) is 1.43. The van der Waals surface area contributed by atoms with Gasteiger partial charge in [-0.25, -0.2) is 13.4 Å². The number of phenolic OH excluding ortho intramolecular Hbond substituents is 2. The van der Waals surface area contributed by atoms with Crippen molar-refractivity contribution >= 4 is 62.0 Å². The van der Waals surface area contributed by atoms with Gasteiger partial charge in [-0.15, -0.1) is 0 Å². The average molecular weight is 487 g/mol. The van der Waals surface area contributed by atoms with E-state index < -0.39 is 10.0 Å². The molecule has 0 saturated carbocycles. The predicted molar refractivity (Wildman–Crippen MR) is 128 cm³/mol. The number of fused-ring (bicyclic) bond motifs is 1. The van der Waals surface area contributed by atoms with Crippen LogP contribution in [-0.2, 0) is 10.0 Å². The molecule has 0 amide bonds. The molecular weight excluding hydrogens is 471 g/mol. The van der Waals surface area contributed by atoms with Crippen molar-refractivity contribution in [3.63, 3.8) is 0 Å². The molecule has 0 aliphatic rings. The molecule has 32 heavy (non-hydrogen) atoms. The molecule has 4 rings (SSSR count). The standard InChI is InChI=1S/C23H16Cl2N2O4S/c24-15-4-10-18(11-5-15)32(30,31)27-21-13-20(25)19-12-7-16(26-22(19)23(21)29)6-1-14-2-8-17(28)9-3-14/h1-13,27-29H/b6-1+. The molecule has 0 saturated heterocycles. The highest BCUT2D eigenvalue weighted by Gasteiger charge is 2.19. The van der Waals surface area contributed by atoms with Gasteiger partial charge in [-0.05, 0) is 66.2 Å². The molecule has 0 fully saturated rings. The Morgan fingerprint density at radius 3 is 2.25 bits per heavy atom. The van der Waals surface area contributed by atoms with Crippen LogP contribution in [0.3, 0.4) is 0 Å². The fraction of sp³-hybridized carbons (Fsp3) is 0. The smallest absolute Gasteiger partial charge is 0.262 e. The Morgan fingerprint density at radius 1 is 0.875 bits per heavy atom. The van der Waals surface area contributed by atoms with E-state index in [4.69, 9.17) is 23.2 Å². The number of benzene rings is 3. The molecule has 0 radical (unpaired) electrons. The largest absolute Gasteiger partial charge is 0.508 e. The highest BCUT2D eigenvalue weighted by molar-refractivity contribution is 7.92. The van der Waals surface area contributed by atoms with Crippen molar-refractivity contribution in [2.24, 2.45) is 0 Å². The number of anilines is 1. The zero-order chi connectivity index (χ0) is 22.9. The summed E-state index contributed by atoms with van der Waals surface area (Å²) in [7, 11) is -3.99. The number of hydrogen-bond acceptors (Lipinski definition) is 5. The molecule has 3 N–H and O–H groups in total. The van der Waals surface area contributed by atoms with Crippen LogP contribution in [-0.4, -0.2) is 23.6 Å². The number of nitrogens with zero attached hydrogens (tertiary/aromatic N) is 1. The minimum atomic E-state index is -3.99. The Bertz CT molecular complexity index is 1440. The minimum Gasteiger partial charge on any atom is -0.508 e. The zero-order valence-electron chi connectivity index (χ0n) is 16.3. The van der Waals surface area contributed by atoms with Gasteiger partial charge in [0.1, 0.15) is 11.3 Å². The molecule has 0 atom stereocenters. The summed E-state index contributed by atoms with van der Waals surface area (Å²) in [6.45, 7) is 0. The van der Waals surface area contributed by atoms with Crippen LogP contribution >= 0.6 is 23.2 Å². The number of hydrogen-bond donors (Lipinski definition) is 3. The molecule has 3 aromatic carbocycles. The van der Waals surface area contributed by atoms with Gasteiger partial charge in [0.2, 0.25) is 0 Å². The first-order valence-corrected chi connectivity index (χ1v) is 11.5. The average Bonchev–Trinajstić information content (AvgIpc) is 2.77. The first-order chi connectivity index (χ1) is 15.2. The summed E-state index contributed by atoms with van der Waals surface area (Å²) in [5.74, 6) is -0.180. The number of aromatic nitrogens is 1. The molecule has 0 aliphatic heterocycles. The summed E-state index contributed by atoms with van der Waals surface area (Å²) in [5, 5.41) is 21.2. The second-order valence-electron chi connectivity index (χ2n) is 6.87. The number of rotatable bonds is 5. The number of pyridine rings is 1. The van der Waals surface area contributed by atoms with Crippen molar-refractivity contribution in [2.45, 2.75) is 4.90 Å². The van der Waals surface area contributed by atoms with Crippen LogP contribution in [0.5, 0.6) is 11.5 Å². The zero-order valence-corrected chi connectivity index (χ0v) is 18.7. The van der Waals surface area contributed by atoms with Crippen molar-refractivity contribution < 1.29 is 18.6 Å². The molecule has 4 aromatic rings. The van der Waals surface area contributed by atoms with Crippen LogP contribution in [0.2, 0.25) is 10.0 Å². The van der Waals surface area contributed by atoms with Crippen LogP contribution < -0.4 is 4.72 Å². The number of nitrogens with one attached hydrogen (secondary N) is 1. The number of phenols is 2. The van der Waals surface area contributed by atoms with Crippen molar-refractivity contribution in [2.75, 3.05) is 4.72 Å². The van der Waals surface area contributed by atoms with Gasteiger partial charge in [0.25, 0.3) is 10.0 Å². The van der Waals surface area contributed by atoms with E-state index in [9.17, 15) is 18.6 Å². The Labute approximate surface area is 194 Å². The Balaban J connectivity index is 1.71. The Hall–Kier alpha value is -3.26. The van der Waals surface area contributed by atoms with E-state index >= 15 is 0 Å². The van der Waals surface area contributed by atoms with Crippen LogP contribution in [0, 0.1) is 0 Å². The Morgan fingerprint density at radius 2 is 1.56 bits per heavy atom.